The molecule has 0 fully saturated rings. The summed E-state index contributed by atoms with van der Waals surface area (Å²) in [4.78, 5) is 12.2. The van der Waals surface area contributed by atoms with Crippen LogP contribution in [-0.2, 0) is 0 Å². The summed E-state index contributed by atoms with van der Waals surface area (Å²) in [5, 5.41) is 22.7. The average molecular weight is 355 g/mol. The number of hydrogen-bond donors (Lipinski definition) is 3. The molecule has 0 aliphatic carbocycles. The Morgan fingerprint density at radius 2 is 1.65 bits per heavy atom. The first kappa shape index (κ1) is 17.2. The Balaban J connectivity index is 1.94. The van der Waals surface area contributed by atoms with Crippen LogP contribution in [0, 0.1) is 0 Å². The first-order chi connectivity index (χ1) is 12.5. The van der Waals surface area contributed by atoms with E-state index >= 15 is 0 Å². The molecule has 3 N–H and O–H groups in total. The van der Waals surface area contributed by atoms with Crippen LogP contribution in [0.15, 0.2) is 52.9 Å². The zero-order chi connectivity index (χ0) is 18.7. The second-order valence-electron chi connectivity index (χ2n) is 5.35. The molecule has 7 heteroatoms. The molecule has 0 unspecified atom stereocenters. The molecular formula is C19H17NO6. The number of amides is 1. The number of ether oxygens (including phenoxy) is 2. The third kappa shape index (κ3) is 3.14. The molecule has 0 radical (unpaired) electrons. The second kappa shape index (κ2) is 7.10. The van der Waals surface area contributed by atoms with E-state index in [9.17, 15) is 15.0 Å². The highest BCUT2D eigenvalue weighted by Gasteiger charge is 2.23. The van der Waals surface area contributed by atoms with E-state index in [0.29, 0.717) is 22.6 Å². The van der Waals surface area contributed by atoms with Gasteiger partial charge >= 0.3 is 0 Å². The Morgan fingerprint density at radius 1 is 0.962 bits per heavy atom. The molecule has 1 heterocycles. The van der Waals surface area contributed by atoms with E-state index in [1.807, 2.05) is 0 Å². The first-order valence-electron chi connectivity index (χ1n) is 7.68. The Labute approximate surface area is 149 Å². The number of carbonyl (C=O) groups excluding carboxylic acids is 1. The van der Waals surface area contributed by atoms with Crippen LogP contribution in [0.1, 0.15) is 10.4 Å². The molecule has 0 bridgehead atoms. The summed E-state index contributed by atoms with van der Waals surface area (Å²) in [6, 6.07) is 13.3. The summed E-state index contributed by atoms with van der Waals surface area (Å²) in [5.74, 6) is -0.847. The minimum Gasteiger partial charge on any atom is -0.502 e. The first-order valence-corrected chi connectivity index (χ1v) is 7.68. The van der Waals surface area contributed by atoms with Crippen molar-refractivity contribution in [1.29, 1.82) is 0 Å². The van der Waals surface area contributed by atoms with Crippen molar-refractivity contribution in [3.63, 3.8) is 0 Å². The third-order valence-corrected chi connectivity index (χ3v) is 3.77. The lowest BCUT2D eigenvalue weighted by molar-refractivity contribution is 0.102. The average Bonchev–Trinajstić information content (AvgIpc) is 2.96. The molecule has 26 heavy (non-hydrogen) atoms. The SMILES string of the molecule is COc1ccc(-c2oc(NC(=O)c3ccccc3)c(O)c2O)cc1OC. The summed E-state index contributed by atoms with van der Waals surface area (Å²) < 4.78 is 15.8. The third-order valence-electron chi connectivity index (χ3n) is 3.77. The second-order valence-corrected chi connectivity index (χ2v) is 5.35. The van der Waals surface area contributed by atoms with E-state index in [-0.39, 0.29) is 11.6 Å². The van der Waals surface area contributed by atoms with Gasteiger partial charge in [-0.2, -0.15) is 0 Å². The van der Waals surface area contributed by atoms with Gasteiger partial charge in [-0.3, -0.25) is 10.1 Å². The number of rotatable bonds is 5. The van der Waals surface area contributed by atoms with Crippen molar-refractivity contribution in [3.8, 4) is 34.3 Å². The van der Waals surface area contributed by atoms with Crippen molar-refractivity contribution < 1.29 is 28.9 Å². The van der Waals surface area contributed by atoms with Crippen molar-refractivity contribution in [2.45, 2.75) is 0 Å². The highest BCUT2D eigenvalue weighted by Crippen LogP contribution is 2.46. The Bertz CT molecular complexity index is 933. The van der Waals surface area contributed by atoms with Crippen LogP contribution < -0.4 is 14.8 Å². The van der Waals surface area contributed by atoms with Gasteiger partial charge in [0, 0.05) is 11.1 Å². The normalized spacial score (nSPS) is 10.4. The van der Waals surface area contributed by atoms with E-state index in [4.69, 9.17) is 13.9 Å². The number of methoxy groups -OCH3 is 2. The number of carbonyl (C=O) groups is 1. The number of nitrogens with one attached hydrogen (secondary N) is 1. The van der Waals surface area contributed by atoms with Crippen molar-refractivity contribution in [1.82, 2.24) is 0 Å². The summed E-state index contributed by atoms with van der Waals surface area (Å²) in [5.41, 5.74) is 0.825. The fourth-order valence-corrected chi connectivity index (χ4v) is 2.44. The van der Waals surface area contributed by atoms with Crippen molar-refractivity contribution in [2.24, 2.45) is 0 Å². The fraction of sp³-hybridized carbons (Fsp3) is 0.105. The van der Waals surface area contributed by atoms with E-state index < -0.39 is 17.4 Å². The monoisotopic (exact) mass is 355 g/mol. The van der Waals surface area contributed by atoms with Gasteiger partial charge in [0.05, 0.1) is 14.2 Å². The minimum absolute atomic E-state index is 0.00758. The lowest BCUT2D eigenvalue weighted by atomic mass is 10.1. The van der Waals surface area contributed by atoms with Crippen LogP contribution in [0.25, 0.3) is 11.3 Å². The van der Waals surface area contributed by atoms with Gasteiger partial charge in [-0.25, -0.2) is 0 Å². The zero-order valence-corrected chi connectivity index (χ0v) is 14.1. The maximum absolute atomic E-state index is 12.2. The van der Waals surface area contributed by atoms with E-state index in [0.717, 1.165) is 0 Å². The van der Waals surface area contributed by atoms with Gasteiger partial charge in [-0.15, -0.1) is 0 Å². The van der Waals surface area contributed by atoms with Crippen molar-refractivity contribution in [3.05, 3.63) is 54.1 Å². The van der Waals surface area contributed by atoms with Crippen LogP contribution in [0.5, 0.6) is 23.0 Å². The quantitative estimate of drug-likeness (QED) is 0.646. The van der Waals surface area contributed by atoms with Gasteiger partial charge in [0.25, 0.3) is 5.91 Å². The summed E-state index contributed by atoms with van der Waals surface area (Å²) in [6.07, 6.45) is 0. The molecule has 1 amide bonds. The smallest absolute Gasteiger partial charge is 0.258 e. The summed E-state index contributed by atoms with van der Waals surface area (Å²) in [7, 11) is 2.98. The molecule has 0 atom stereocenters. The molecule has 1 aromatic heterocycles. The Kier molecular flexibility index (Phi) is 4.70. The topological polar surface area (TPSA) is 101 Å². The maximum atomic E-state index is 12.2. The van der Waals surface area contributed by atoms with Crippen LogP contribution in [-0.4, -0.2) is 30.3 Å². The molecule has 0 aliphatic heterocycles. The molecule has 3 rings (SSSR count). The summed E-state index contributed by atoms with van der Waals surface area (Å²) in [6.45, 7) is 0. The van der Waals surface area contributed by atoms with Crippen molar-refractivity contribution >= 4 is 11.8 Å². The lowest BCUT2D eigenvalue weighted by Crippen LogP contribution is -2.10. The van der Waals surface area contributed by atoms with Gasteiger partial charge in [0.1, 0.15) is 0 Å². The lowest BCUT2D eigenvalue weighted by Gasteiger charge is -2.08. The number of benzene rings is 2. The molecule has 3 aromatic rings. The Hall–Kier alpha value is -3.61. The highest BCUT2D eigenvalue weighted by atomic mass is 16.5. The molecular weight excluding hydrogens is 338 g/mol. The fourth-order valence-electron chi connectivity index (χ4n) is 2.44. The number of hydrogen-bond acceptors (Lipinski definition) is 6. The van der Waals surface area contributed by atoms with Crippen LogP contribution in [0.2, 0.25) is 0 Å². The van der Waals surface area contributed by atoms with E-state index in [1.54, 1.807) is 48.5 Å². The van der Waals surface area contributed by atoms with Gasteiger partial charge < -0.3 is 24.1 Å². The van der Waals surface area contributed by atoms with Crippen LogP contribution in [0.3, 0.4) is 0 Å². The minimum atomic E-state index is -0.556. The molecule has 7 nitrogen and oxygen atoms in total. The number of furan rings is 1. The van der Waals surface area contributed by atoms with Gasteiger partial charge in [-0.05, 0) is 30.3 Å². The summed E-state index contributed by atoms with van der Waals surface area (Å²) >= 11 is 0. The van der Waals surface area contributed by atoms with Gasteiger partial charge in [0.15, 0.2) is 17.3 Å². The molecule has 0 aliphatic rings. The number of aromatic hydroxyl groups is 2. The van der Waals surface area contributed by atoms with Gasteiger partial charge in [-0.1, -0.05) is 18.2 Å². The molecule has 0 spiro atoms. The van der Waals surface area contributed by atoms with Crippen LogP contribution >= 0.6 is 0 Å². The molecule has 0 saturated heterocycles. The zero-order valence-electron chi connectivity index (χ0n) is 14.1. The number of anilines is 1. The maximum Gasteiger partial charge on any atom is 0.258 e. The van der Waals surface area contributed by atoms with E-state index in [1.165, 1.54) is 14.2 Å². The standard InChI is InChI=1S/C19H17NO6/c1-24-13-9-8-12(10-14(13)25-2)17-15(21)16(22)19(26-17)20-18(23)11-6-4-3-5-7-11/h3-10,21-22H,1-2H3,(H,20,23). The van der Waals surface area contributed by atoms with E-state index in [2.05, 4.69) is 5.32 Å². The highest BCUT2D eigenvalue weighted by molar-refractivity contribution is 6.04. The molecule has 2 aromatic carbocycles. The predicted molar refractivity (Wildman–Crippen MR) is 95.0 cm³/mol. The molecule has 134 valence electrons. The predicted octanol–water partition coefficient (Wildman–Crippen LogP) is 3.63. The van der Waals surface area contributed by atoms with Crippen molar-refractivity contribution in [2.75, 3.05) is 19.5 Å². The molecule has 0 saturated carbocycles. The Morgan fingerprint density at radius 3 is 2.31 bits per heavy atom. The largest absolute Gasteiger partial charge is 0.502 e. The van der Waals surface area contributed by atoms with Gasteiger partial charge in [0.2, 0.25) is 17.4 Å². The van der Waals surface area contributed by atoms with Crippen LogP contribution in [0.4, 0.5) is 5.88 Å².